The fourth-order valence-corrected chi connectivity index (χ4v) is 15.1. The van der Waals surface area contributed by atoms with Crippen LogP contribution in [0.25, 0.3) is 152 Å². The van der Waals surface area contributed by atoms with Crippen molar-refractivity contribution >= 4 is 104 Å². The van der Waals surface area contributed by atoms with E-state index < -0.39 is 0 Å². The zero-order valence-electron chi connectivity index (χ0n) is 49.6. The summed E-state index contributed by atoms with van der Waals surface area (Å²) in [4.78, 5) is 0. The van der Waals surface area contributed by atoms with E-state index in [9.17, 15) is 0 Å². The van der Waals surface area contributed by atoms with Gasteiger partial charge in [0, 0.05) is 32.2 Å². The van der Waals surface area contributed by atoms with Crippen LogP contribution >= 0.6 is 11.3 Å². The van der Waals surface area contributed by atoms with Crippen LogP contribution in [-0.4, -0.2) is 12.7 Å². The van der Waals surface area contributed by atoms with E-state index in [1.807, 2.05) is 35.6 Å². The number of rotatable bonds is 7. The van der Waals surface area contributed by atoms with Crippen LogP contribution in [0.5, 0.6) is 5.75 Å². The van der Waals surface area contributed by atoms with Crippen molar-refractivity contribution in [1.29, 1.82) is 0 Å². The maximum atomic E-state index is 8.72. The molecule has 423 valence electrons. The molecule has 16 aromatic carbocycles. The van der Waals surface area contributed by atoms with Crippen molar-refractivity contribution in [3.8, 4) is 72.5 Å². The quantitative estimate of drug-likeness (QED) is 0.127. The number of hydrogen-bond acceptors (Lipinski definition) is 3. The van der Waals surface area contributed by atoms with Crippen molar-refractivity contribution in [3.05, 3.63) is 332 Å². The first-order chi connectivity index (χ1) is 44.5. The van der Waals surface area contributed by atoms with Gasteiger partial charge in [-0.05, 0) is 186 Å². The summed E-state index contributed by atoms with van der Waals surface area (Å²) in [6, 6.07) is 114. The zero-order valence-corrected chi connectivity index (χ0v) is 50.4. The fraction of sp³-hybridized carbons (Fsp3) is 0.0233. The molecule has 2 nitrogen and oxygen atoms in total. The van der Waals surface area contributed by atoms with Crippen molar-refractivity contribution in [2.45, 2.75) is 13.3 Å². The Morgan fingerprint density at radius 1 is 0.289 bits per heavy atom. The summed E-state index contributed by atoms with van der Waals surface area (Å²) in [5.41, 5.74) is 18.7. The van der Waals surface area contributed by atoms with Gasteiger partial charge in [0.25, 0.3) is 0 Å². The lowest BCUT2D eigenvalue weighted by molar-refractivity contribution is 0.451. The Bertz CT molecular complexity index is 5570. The summed E-state index contributed by atoms with van der Waals surface area (Å²) < 4.78 is 7.80. The van der Waals surface area contributed by atoms with Gasteiger partial charge in [-0.15, -0.1) is 11.3 Å². The van der Waals surface area contributed by atoms with Gasteiger partial charge in [0.1, 0.15) is 5.75 Å². The van der Waals surface area contributed by atoms with Gasteiger partial charge >= 0.3 is 7.69 Å². The summed E-state index contributed by atoms with van der Waals surface area (Å²) in [5.74, 6) is 0.733. The lowest BCUT2D eigenvalue weighted by atomic mass is 9.91. The van der Waals surface area contributed by atoms with E-state index in [1.165, 1.54) is 163 Å². The molecule has 1 N–H and O–H groups in total. The lowest BCUT2D eigenvalue weighted by Crippen LogP contribution is -2.02. The van der Waals surface area contributed by atoms with Crippen LogP contribution in [0.4, 0.5) is 0 Å². The molecule has 0 saturated heterocycles. The van der Waals surface area contributed by atoms with Crippen LogP contribution in [-0.2, 0) is 6.42 Å². The second kappa shape index (κ2) is 23.3. The number of aryl methyl sites for hydroxylation is 1. The van der Waals surface area contributed by atoms with Gasteiger partial charge in [0.2, 0.25) is 0 Å². The Morgan fingerprint density at radius 3 is 1.18 bits per heavy atom. The third-order valence-corrected chi connectivity index (χ3v) is 19.4. The molecule has 0 aliphatic heterocycles. The maximum Gasteiger partial charge on any atom is 0.569 e. The van der Waals surface area contributed by atoms with E-state index in [1.54, 1.807) is 0 Å². The first kappa shape index (κ1) is 54.5. The molecule has 1 aliphatic rings. The van der Waals surface area contributed by atoms with E-state index in [0.29, 0.717) is 0 Å². The minimum absolute atomic E-state index is 0.733. The zero-order chi connectivity index (χ0) is 60.1. The number of hydrogen-bond donors (Lipinski definition) is 1. The second-order valence-corrected chi connectivity index (χ2v) is 24.5. The van der Waals surface area contributed by atoms with Crippen LogP contribution in [0, 0.1) is 6.92 Å². The molecule has 0 spiro atoms. The highest BCUT2D eigenvalue weighted by Gasteiger charge is 2.21. The Kier molecular flexibility index (Phi) is 14.1. The van der Waals surface area contributed by atoms with Crippen LogP contribution in [0.3, 0.4) is 0 Å². The summed E-state index contributed by atoms with van der Waals surface area (Å²) in [7, 11) is 0.735. The van der Waals surface area contributed by atoms with Gasteiger partial charge in [0.15, 0.2) is 0 Å². The molecule has 18 rings (SSSR count). The molecular weight excluding hydrogens is 1110 g/mol. The molecule has 0 saturated carbocycles. The molecule has 0 bridgehead atoms. The van der Waals surface area contributed by atoms with Crippen molar-refractivity contribution in [1.82, 2.24) is 0 Å². The van der Waals surface area contributed by atoms with Crippen LogP contribution in [0.1, 0.15) is 16.7 Å². The minimum atomic E-state index is 0.733. The van der Waals surface area contributed by atoms with Crippen molar-refractivity contribution in [3.63, 3.8) is 0 Å². The average Bonchev–Trinajstić information content (AvgIpc) is 1.17. The molecule has 1 radical (unpaired) electrons. The molecule has 0 fully saturated rings. The van der Waals surface area contributed by atoms with Gasteiger partial charge < -0.3 is 9.68 Å². The summed E-state index contributed by atoms with van der Waals surface area (Å²) >= 11 is 1.89. The SMILES string of the molecule is Cc1cccc(-c2cccc(-c3ccc4c5ccccc5c5ccccc5c4c3)c2)c1.O[B]Oc1cccc2c1Cc1ccccc1-2.c1cc(-c2cccc(-c3cccc4c3sc3ccccc34)c2)cc(-c2ccc3c4ccccc4c4ccccc4c3c2)c1. The van der Waals surface area contributed by atoms with Crippen molar-refractivity contribution in [2.75, 3.05) is 0 Å². The van der Waals surface area contributed by atoms with E-state index in [-0.39, 0.29) is 0 Å². The predicted octanol–water partition coefficient (Wildman–Crippen LogP) is 23.5. The van der Waals surface area contributed by atoms with E-state index in [4.69, 9.17) is 9.68 Å². The second-order valence-electron chi connectivity index (χ2n) is 23.4. The molecular formula is C86H58BO2S. The molecule has 1 aromatic heterocycles. The number of thiophene rings is 1. The topological polar surface area (TPSA) is 29.5 Å². The van der Waals surface area contributed by atoms with Crippen LogP contribution < -0.4 is 4.65 Å². The third-order valence-electron chi connectivity index (χ3n) is 18.1. The smallest absolute Gasteiger partial charge is 0.537 e. The highest BCUT2D eigenvalue weighted by molar-refractivity contribution is 7.26. The van der Waals surface area contributed by atoms with E-state index in [2.05, 4.69) is 298 Å². The van der Waals surface area contributed by atoms with Gasteiger partial charge in [0.05, 0.1) is 0 Å². The van der Waals surface area contributed by atoms with E-state index >= 15 is 0 Å². The lowest BCUT2D eigenvalue weighted by Gasteiger charge is -2.13. The molecule has 0 atom stereocenters. The molecule has 1 aliphatic carbocycles. The largest absolute Gasteiger partial charge is 0.569 e. The Balaban J connectivity index is 0.000000120. The maximum absolute atomic E-state index is 8.72. The van der Waals surface area contributed by atoms with Crippen molar-refractivity contribution < 1.29 is 9.68 Å². The molecule has 4 heteroatoms. The standard InChI is InChI=1S/C42H26S.C31H22.C13H10BO2/c1-2-16-35-33(14-1)34-15-3-4-17-36(34)40-26-30(22-23-37(35)40)28-11-7-10-27(24-28)29-12-8-13-31(25-29)32-19-9-20-39-38-18-5-6-21-41(38)43-42(32)39;1-21-8-6-9-22(18-21)23-10-7-11-24(19-23)25-16-17-30-28-14-3-2-12-26(28)27-13-4-5-15-29(27)31(30)20-25;15-14-16-13-7-3-6-11-10-5-2-1-4-9(10)8-12(11)13/h1-26H;2-20H,1H3;1-7,15H,8H2. The van der Waals surface area contributed by atoms with Gasteiger partial charge in [-0.25, -0.2) is 0 Å². The van der Waals surface area contributed by atoms with Gasteiger partial charge in [-0.1, -0.05) is 279 Å². The van der Waals surface area contributed by atoms with Crippen LogP contribution in [0.2, 0.25) is 0 Å². The minimum Gasteiger partial charge on any atom is -0.537 e. The Labute approximate surface area is 528 Å². The summed E-state index contributed by atoms with van der Waals surface area (Å²) in [6.07, 6.45) is 0.871. The molecule has 17 aromatic rings. The first-order valence-corrected chi connectivity index (χ1v) is 31.6. The Hall–Kier alpha value is -10.9. The molecule has 1 heterocycles. The number of benzene rings is 16. The first-order valence-electron chi connectivity index (χ1n) is 30.8. The Morgan fingerprint density at radius 2 is 0.656 bits per heavy atom. The normalized spacial score (nSPS) is 11.6. The molecule has 0 unspecified atom stereocenters. The van der Waals surface area contributed by atoms with Crippen molar-refractivity contribution in [2.24, 2.45) is 0 Å². The predicted molar refractivity (Wildman–Crippen MR) is 386 cm³/mol. The number of fused-ring (bicyclic) bond motifs is 18. The van der Waals surface area contributed by atoms with Crippen LogP contribution in [0.15, 0.2) is 315 Å². The van der Waals surface area contributed by atoms with E-state index in [0.717, 1.165) is 25.4 Å². The van der Waals surface area contributed by atoms with Gasteiger partial charge in [-0.2, -0.15) is 0 Å². The molecule has 90 heavy (non-hydrogen) atoms. The highest BCUT2D eigenvalue weighted by atomic mass is 32.1. The summed E-state index contributed by atoms with van der Waals surface area (Å²) in [6.45, 7) is 2.14. The average molecular weight is 1170 g/mol. The van der Waals surface area contributed by atoms with Gasteiger partial charge in [-0.3, -0.25) is 0 Å². The summed E-state index contributed by atoms with van der Waals surface area (Å²) in [5, 5.41) is 27.1. The third kappa shape index (κ3) is 9.93. The fourth-order valence-electron chi connectivity index (χ4n) is 13.9. The monoisotopic (exact) mass is 1170 g/mol. The molecule has 0 amide bonds. The highest BCUT2D eigenvalue weighted by Crippen LogP contribution is 2.44.